The Bertz CT molecular complexity index is 2230. The molecule has 4 nitrogen and oxygen atoms in total. The average molecular weight is 589 g/mol. The summed E-state index contributed by atoms with van der Waals surface area (Å²) < 4.78 is 0. The van der Waals surface area contributed by atoms with E-state index in [2.05, 4.69) is 131 Å². The quantitative estimate of drug-likeness (QED) is 0.194. The van der Waals surface area contributed by atoms with Gasteiger partial charge in [0.1, 0.15) is 0 Å². The molecule has 4 heteroatoms. The molecule has 46 heavy (non-hydrogen) atoms. The van der Waals surface area contributed by atoms with Crippen LogP contribution in [0.4, 0.5) is 0 Å². The molecule has 0 aliphatic rings. The summed E-state index contributed by atoms with van der Waals surface area (Å²) >= 11 is 0. The highest BCUT2D eigenvalue weighted by atomic mass is 14.9. The number of hydrogen-bond acceptors (Lipinski definition) is 4. The molecule has 0 amide bonds. The third-order valence-corrected chi connectivity index (χ3v) is 8.23. The Labute approximate surface area is 267 Å². The highest BCUT2D eigenvalue weighted by Gasteiger charge is 2.15. The van der Waals surface area contributed by atoms with Gasteiger partial charge in [0, 0.05) is 52.4 Å². The number of nitrogens with zero attached hydrogens (tertiary/aromatic N) is 4. The standard InChI is InChI=1S/C42H28N4/c1-3-10-29(11-4-1)31-14-7-15-32(22-31)33-18-19-40-39(26-33)41(30-12-5-2-6-13-30)46-42(45-40)38-24-36(34-16-8-20-43-27-34)23-37(25-38)35-17-9-21-44-28-35/h1-28H. The van der Waals surface area contributed by atoms with E-state index in [0.29, 0.717) is 5.82 Å². The number of rotatable bonds is 6. The molecule has 0 saturated heterocycles. The number of benzene rings is 5. The summed E-state index contributed by atoms with van der Waals surface area (Å²) in [5, 5.41) is 1.01. The summed E-state index contributed by atoms with van der Waals surface area (Å²) in [4.78, 5) is 19.2. The van der Waals surface area contributed by atoms with Crippen LogP contribution in [0.15, 0.2) is 170 Å². The fourth-order valence-corrected chi connectivity index (χ4v) is 5.92. The summed E-state index contributed by atoms with van der Waals surface area (Å²) in [6, 6.07) is 50.6. The zero-order valence-electron chi connectivity index (χ0n) is 25.0. The van der Waals surface area contributed by atoms with Crippen molar-refractivity contribution in [3.63, 3.8) is 0 Å². The van der Waals surface area contributed by atoms with Crippen molar-refractivity contribution in [1.82, 2.24) is 19.9 Å². The van der Waals surface area contributed by atoms with Gasteiger partial charge in [0.2, 0.25) is 0 Å². The molecule has 216 valence electrons. The van der Waals surface area contributed by atoms with Crippen molar-refractivity contribution in [1.29, 1.82) is 0 Å². The highest BCUT2D eigenvalue weighted by molar-refractivity contribution is 5.97. The lowest BCUT2D eigenvalue weighted by atomic mass is 9.96. The molecule has 0 saturated carbocycles. The van der Waals surface area contributed by atoms with Gasteiger partial charge in [-0.25, -0.2) is 9.97 Å². The minimum atomic E-state index is 0.668. The lowest BCUT2D eigenvalue weighted by Crippen LogP contribution is -1.97. The van der Waals surface area contributed by atoms with Crippen molar-refractivity contribution in [3.8, 4) is 67.2 Å². The SMILES string of the molecule is c1ccc(-c2cccc(-c3ccc4nc(-c5cc(-c6cccnc6)cc(-c6cccnc6)c5)nc(-c5ccccc5)c4c3)c2)cc1. The second-order valence-electron chi connectivity index (χ2n) is 11.2. The van der Waals surface area contributed by atoms with E-state index in [-0.39, 0.29) is 0 Å². The monoisotopic (exact) mass is 588 g/mol. The zero-order chi connectivity index (χ0) is 30.7. The third kappa shape index (κ3) is 5.44. The predicted octanol–water partition coefficient (Wildman–Crippen LogP) is 10.4. The molecular weight excluding hydrogens is 560 g/mol. The Balaban J connectivity index is 1.31. The van der Waals surface area contributed by atoms with Crippen molar-refractivity contribution in [3.05, 3.63) is 170 Å². The van der Waals surface area contributed by atoms with Crippen LogP contribution in [0, 0.1) is 0 Å². The van der Waals surface area contributed by atoms with Crippen LogP contribution in [0.1, 0.15) is 0 Å². The fourth-order valence-electron chi connectivity index (χ4n) is 5.92. The molecule has 0 spiro atoms. The van der Waals surface area contributed by atoms with Crippen LogP contribution in [0.3, 0.4) is 0 Å². The van der Waals surface area contributed by atoms with E-state index in [0.717, 1.165) is 61.1 Å². The topological polar surface area (TPSA) is 51.6 Å². The molecule has 3 aromatic heterocycles. The zero-order valence-corrected chi connectivity index (χ0v) is 25.0. The highest BCUT2D eigenvalue weighted by Crippen LogP contribution is 2.36. The number of pyridine rings is 2. The van der Waals surface area contributed by atoms with Gasteiger partial charge < -0.3 is 0 Å². The number of aromatic nitrogens is 4. The second kappa shape index (κ2) is 12.0. The van der Waals surface area contributed by atoms with E-state index >= 15 is 0 Å². The molecule has 8 rings (SSSR count). The first kappa shape index (κ1) is 27.3. The molecule has 0 bridgehead atoms. The maximum atomic E-state index is 5.27. The van der Waals surface area contributed by atoms with E-state index in [1.54, 1.807) is 12.4 Å². The van der Waals surface area contributed by atoms with Gasteiger partial charge in [0.15, 0.2) is 5.82 Å². The van der Waals surface area contributed by atoms with E-state index in [1.165, 1.54) is 11.1 Å². The first-order valence-electron chi connectivity index (χ1n) is 15.3. The molecule has 0 radical (unpaired) electrons. The second-order valence-corrected chi connectivity index (χ2v) is 11.2. The molecule has 0 N–H and O–H groups in total. The Kier molecular flexibility index (Phi) is 7.14. The lowest BCUT2D eigenvalue weighted by Gasteiger charge is -2.14. The Morgan fingerprint density at radius 3 is 1.48 bits per heavy atom. The normalized spacial score (nSPS) is 11.0. The van der Waals surface area contributed by atoms with Gasteiger partial charge in [-0.15, -0.1) is 0 Å². The van der Waals surface area contributed by atoms with Crippen LogP contribution in [-0.4, -0.2) is 19.9 Å². The van der Waals surface area contributed by atoms with E-state index < -0.39 is 0 Å². The molecule has 0 fully saturated rings. The smallest absolute Gasteiger partial charge is 0.160 e. The Morgan fingerprint density at radius 1 is 0.326 bits per heavy atom. The molecule has 8 aromatic rings. The predicted molar refractivity (Wildman–Crippen MR) is 188 cm³/mol. The minimum Gasteiger partial charge on any atom is -0.264 e. The van der Waals surface area contributed by atoms with Crippen molar-refractivity contribution < 1.29 is 0 Å². The van der Waals surface area contributed by atoms with Gasteiger partial charge >= 0.3 is 0 Å². The Morgan fingerprint density at radius 2 is 0.848 bits per heavy atom. The largest absolute Gasteiger partial charge is 0.264 e. The van der Waals surface area contributed by atoms with Crippen LogP contribution < -0.4 is 0 Å². The van der Waals surface area contributed by atoms with Crippen LogP contribution in [0.2, 0.25) is 0 Å². The van der Waals surface area contributed by atoms with Crippen molar-refractivity contribution in [2.45, 2.75) is 0 Å². The molecule has 0 unspecified atom stereocenters. The summed E-state index contributed by atoms with van der Waals surface area (Å²) in [6.45, 7) is 0. The van der Waals surface area contributed by atoms with Gasteiger partial charge in [0.05, 0.1) is 11.2 Å². The van der Waals surface area contributed by atoms with Gasteiger partial charge in [-0.2, -0.15) is 0 Å². The van der Waals surface area contributed by atoms with E-state index in [1.807, 2.05) is 36.7 Å². The Hall–Kier alpha value is -6.26. The van der Waals surface area contributed by atoms with Gasteiger partial charge in [-0.3, -0.25) is 9.97 Å². The lowest BCUT2D eigenvalue weighted by molar-refractivity contribution is 1.23. The van der Waals surface area contributed by atoms with Gasteiger partial charge in [-0.05, 0) is 81.9 Å². The van der Waals surface area contributed by atoms with Crippen LogP contribution in [0.25, 0.3) is 78.1 Å². The molecule has 5 aromatic carbocycles. The maximum Gasteiger partial charge on any atom is 0.160 e. The van der Waals surface area contributed by atoms with E-state index in [9.17, 15) is 0 Å². The molecule has 0 aliphatic heterocycles. The van der Waals surface area contributed by atoms with Gasteiger partial charge in [-0.1, -0.05) is 97.1 Å². The van der Waals surface area contributed by atoms with Crippen LogP contribution >= 0.6 is 0 Å². The number of fused-ring (bicyclic) bond motifs is 1. The summed E-state index contributed by atoms with van der Waals surface area (Å²) in [5.41, 5.74) is 12.6. The molecule has 3 heterocycles. The summed E-state index contributed by atoms with van der Waals surface area (Å²) in [6.07, 6.45) is 7.36. The van der Waals surface area contributed by atoms with Gasteiger partial charge in [0.25, 0.3) is 0 Å². The number of hydrogen-bond donors (Lipinski definition) is 0. The molecule has 0 atom stereocenters. The minimum absolute atomic E-state index is 0.668. The van der Waals surface area contributed by atoms with Crippen LogP contribution in [0.5, 0.6) is 0 Å². The first-order valence-corrected chi connectivity index (χ1v) is 15.3. The van der Waals surface area contributed by atoms with Crippen LogP contribution in [-0.2, 0) is 0 Å². The first-order chi connectivity index (χ1) is 22.8. The van der Waals surface area contributed by atoms with Crippen molar-refractivity contribution in [2.75, 3.05) is 0 Å². The van der Waals surface area contributed by atoms with Crippen molar-refractivity contribution >= 4 is 10.9 Å². The maximum absolute atomic E-state index is 5.27. The molecule has 0 aliphatic carbocycles. The van der Waals surface area contributed by atoms with E-state index in [4.69, 9.17) is 9.97 Å². The molecular formula is C42H28N4. The fraction of sp³-hybridized carbons (Fsp3) is 0. The summed E-state index contributed by atoms with van der Waals surface area (Å²) in [5.74, 6) is 0.668. The summed E-state index contributed by atoms with van der Waals surface area (Å²) in [7, 11) is 0. The third-order valence-electron chi connectivity index (χ3n) is 8.23. The van der Waals surface area contributed by atoms with Crippen molar-refractivity contribution in [2.24, 2.45) is 0 Å². The average Bonchev–Trinajstić information content (AvgIpc) is 3.15.